The molecule has 0 atom stereocenters. The van der Waals surface area contributed by atoms with Crippen LogP contribution >= 0.6 is 0 Å². The number of nitriles is 1. The van der Waals surface area contributed by atoms with Crippen LogP contribution in [0.1, 0.15) is 27.2 Å². The summed E-state index contributed by atoms with van der Waals surface area (Å²) in [6, 6.07) is 16.2. The highest BCUT2D eigenvalue weighted by atomic mass is 19.1. The van der Waals surface area contributed by atoms with Crippen molar-refractivity contribution in [1.82, 2.24) is 0 Å². The Morgan fingerprint density at radius 3 is 2.62 bits per heavy atom. The number of hydrogen-bond donors (Lipinski definition) is 1. The monoisotopic (exact) mass is 347 g/mol. The fourth-order valence-corrected chi connectivity index (χ4v) is 2.64. The van der Waals surface area contributed by atoms with Crippen LogP contribution in [-0.2, 0) is 0 Å². The molecule has 0 aliphatic heterocycles. The zero-order valence-electron chi connectivity index (χ0n) is 13.9. The van der Waals surface area contributed by atoms with Crippen molar-refractivity contribution < 1.29 is 18.7 Å². The Labute approximate surface area is 149 Å². The molecular weight excluding hydrogens is 333 g/mol. The summed E-state index contributed by atoms with van der Waals surface area (Å²) in [7, 11) is 0. The van der Waals surface area contributed by atoms with Crippen LogP contribution in [0.2, 0.25) is 0 Å². The summed E-state index contributed by atoms with van der Waals surface area (Å²) in [5.41, 5.74) is 2.06. The maximum atomic E-state index is 13.9. The van der Waals surface area contributed by atoms with Crippen molar-refractivity contribution in [3.8, 4) is 17.4 Å². The van der Waals surface area contributed by atoms with Crippen molar-refractivity contribution in [3.05, 3.63) is 82.9 Å². The lowest BCUT2D eigenvalue weighted by Gasteiger charge is -2.04. The van der Waals surface area contributed by atoms with Gasteiger partial charge in [-0.1, -0.05) is 24.3 Å². The molecule has 0 unspecified atom stereocenters. The van der Waals surface area contributed by atoms with E-state index in [1.54, 1.807) is 43.3 Å². The lowest BCUT2D eigenvalue weighted by molar-refractivity contribution is 0.0697. The first-order valence-electron chi connectivity index (χ1n) is 7.80. The molecule has 0 saturated heterocycles. The summed E-state index contributed by atoms with van der Waals surface area (Å²) >= 11 is 0. The van der Waals surface area contributed by atoms with Crippen molar-refractivity contribution in [2.24, 2.45) is 0 Å². The van der Waals surface area contributed by atoms with E-state index in [0.717, 1.165) is 11.1 Å². The summed E-state index contributed by atoms with van der Waals surface area (Å²) < 4.78 is 19.6. The van der Waals surface area contributed by atoms with Crippen LogP contribution in [0.15, 0.2) is 59.0 Å². The van der Waals surface area contributed by atoms with Crippen molar-refractivity contribution in [2.45, 2.75) is 6.92 Å². The van der Waals surface area contributed by atoms with Gasteiger partial charge in [0.05, 0.1) is 17.2 Å². The number of carboxylic acids is 1. The highest BCUT2D eigenvalue weighted by Gasteiger charge is 2.12. The van der Waals surface area contributed by atoms with Crippen molar-refractivity contribution in [1.29, 1.82) is 5.26 Å². The van der Waals surface area contributed by atoms with Crippen molar-refractivity contribution in [3.63, 3.8) is 0 Å². The van der Waals surface area contributed by atoms with Crippen LogP contribution < -0.4 is 0 Å². The molecule has 26 heavy (non-hydrogen) atoms. The number of benzene rings is 2. The Hall–Kier alpha value is -3.65. The molecule has 0 amide bonds. The number of halogens is 1. The van der Waals surface area contributed by atoms with Gasteiger partial charge in [-0.2, -0.15) is 5.26 Å². The van der Waals surface area contributed by atoms with E-state index in [0.29, 0.717) is 11.5 Å². The van der Waals surface area contributed by atoms with Gasteiger partial charge in [0.25, 0.3) is 0 Å². The molecule has 0 aliphatic carbocycles. The first-order chi connectivity index (χ1) is 12.5. The van der Waals surface area contributed by atoms with Crippen LogP contribution in [0.3, 0.4) is 0 Å². The van der Waals surface area contributed by atoms with Gasteiger partial charge in [0.15, 0.2) is 0 Å². The smallest absolute Gasteiger partial charge is 0.335 e. The van der Waals surface area contributed by atoms with Gasteiger partial charge >= 0.3 is 5.97 Å². The fraction of sp³-hybridized carbons (Fsp3) is 0.0476. The molecule has 5 heteroatoms. The van der Waals surface area contributed by atoms with Gasteiger partial charge in [-0.25, -0.2) is 9.18 Å². The molecule has 1 aromatic heterocycles. The van der Waals surface area contributed by atoms with Gasteiger partial charge in [0, 0.05) is 11.1 Å². The predicted molar refractivity (Wildman–Crippen MR) is 95.7 cm³/mol. The van der Waals surface area contributed by atoms with Gasteiger partial charge in [0.1, 0.15) is 17.3 Å². The number of aryl methyl sites for hydroxylation is 1. The Balaban J connectivity index is 1.97. The summed E-state index contributed by atoms with van der Waals surface area (Å²) in [5, 5.41) is 18.4. The number of allylic oxidation sites excluding steroid dienone is 1. The van der Waals surface area contributed by atoms with Gasteiger partial charge in [-0.3, -0.25) is 0 Å². The third kappa shape index (κ3) is 3.40. The maximum absolute atomic E-state index is 13.9. The van der Waals surface area contributed by atoms with Crippen LogP contribution in [-0.4, -0.2) is 11.1 Å². The third-order valence-corrected chi connectivity index (χ3v) is 3.94. The SMILES string of the molecule is Cc1cc(C(=O)O)ccc1-c1ccc(C=C(C#N)c2ccccc2F)o1. The Morgan fingerprint density at radius 2 is 1.96 bits per heavy atom. The van der Waals surface area contributed by atoms with E-state index in [-0.39, 0.29) is 16.7 Å². The molecule has 0 fully saturated rings. The molecule has 1 heterocycles. The zero-order valence-corrected chi connectivity index (χ0v) is 13.9. The largest absolute Gasteiger partial charge is 0.478 e. The summed E-state index contributed by atoms with van der Waals surface area (Å²) in [6.07, 6.45) is 1.48. The maximum Gasteiger partial charge on any atom is 0.335 e. The lowest BCUT2D eigenvalue weighted by Crippen LogP contribution is -1.96. The summed E-state index contributed by atoms with van der Waals surface area (Å²) in [4.78, 5) is 11.0. The van der Waals surface area contributed by atoms with E-state index in [1.165, 1.54) is 24.3 Å². The van der Waals surface area contributed by atoms with E-state index in [2.05, 4.69) is 0 Å². The number of furan rings is 1. The molecule has 4 nitrogen and oxygen atoms in total. The first kappa shape index (κ1) is 17.2. The van der Waals surface area contributed by atoms with E-state index < -0.39 is 11.8 Å². The van der Waals surface area contributed by atoms with Crippen LogP contribution in [0.4, 0.5) is 4.39 Å². The molecular formula is C21H14FNO3. The molecule has 3 rings (SSSR count). The summed E-state index contributed by atoms with van der Waals surface area (Å²) in [6.45, 7) is 1.79. The van der Waals surface area contributed by atoms with Crippen molar-refractivity contribution >= 4 is 17.6 Å². The number of carboxylic acid groups (broad SMARTS) is 1. The molecule has 128 valence electrons. The predicted octanol–water partition coefficient (Wildman–Crippen LogP) is 5.16. The standard InChI is InChI=1S/C21H14FNO3/c1-13-10-14(21(24)25)6-8-17(13)20-9-7-16(26-20)11-15(12-23)18-4-2-3-5-19(18)22/h2-11H,1H3,(H,24,25). The number of carbonyl (C=O) groups is 1. The van der Waals surface area contributed by atoms with Gasteiger partial charge in [0.2, 0.25) is 0 Å². The van der Waals surface area contributed by atoms with E-state index in [1.807, 2.05) is 6.07 Å². The number of hydrogen-bond acceptors (Lipinski definition) is 3. The second-order valence-corrected chi connectivity index (χ2v) is 5.69. The van der Waals surface area contributed by atoms with E-state index in [9.17, 15) is 14.4 Å². The lowest BCUT2D eigenvalue weighted by atomic mass is 10.0. The Kier molecular flexibility index (Phi) is 4.68. The van der Waals surface area contributed by atoms with Crippen LogP contribution in [0, 0.1) is 24.1 Å². The van der Waals surface area contributed by atoms with E-state index in [4.69, 9.17) is 9.52 Å². The highest BCUT2D eigenvalue weighted by Crippen LogP contribution is 2.28. The minimum absolute atomic E-state index is 0.155. The molecule has 0 radical (unpaired) electrons. The minimum atomic E-state index is -0.994. The molecule has 0 aliphatic rings. The molecule has 0 saturated carbocycles. The zero-order chi connectivity index (χ0) is 18.7. The topological polar surface area (TPSA) is 74.2 Å². The second-order valence-electron chi connectivity index (χ2n) is 5.69. The third-order valence-electron chi connectivity index (χ3n) is 3.94. The van der Waals surface area contributed by atoms with Crippen molar-refractivity contribution in [2.75, 3.05) is 0 Å². The Bertz CT molecular complexity index is 1060. The second kappa shape index (κ2) is 7.08. The number of nitrogens with zero attached hydrogens (tertiary/aromatic N) is 1. The highest BCUT2D eigenvalue weighted by molar-refractivity contribution is 5.90. The van der Waals surface area contributed by atoms with E-state index >= 15 is 0 Å². The normalized spacial score (nSPS) is 11.2. The fourth-order valence-electron chi connectivity index (χ4n) is 2.64. The molecule has 1 N–H and O–H groups in total. The quantitative estimate of drug-likeness (QED) is 0.662. The van der Waals surface area contributed by atoms with Crippen LogP contribution in [0.25, 0.3) is 23.0 Å². The number of rotatable bonds is 4. The minimum Gasteiger partial charge on any atom is -0.478 e. The van der Waals surface area contributed by atoms with Gasteiger partial charge in [-0.05, 0) is 48.9 Å². The van der Waals surface area contributed by atoms with Gasteiger partial charge < -0.3 is 9.52 Å². The first-order valence-corrected chi connectivity index (χ1v) is 7.80. The molecule has 2 aromatic carbocycles. The molecule has 0 bridgehead atoms. The molecule has 0 spiro atoms. The van der Waals surface area contributed by atoms with Crippen LogP contribution in [0.5, 0.6) is 0 Å². The summed E-state index contributed by atoms with van der Waals surface area (Å²) in [5.74, 6) is -0.531. The number of aromatic carboxylic acids is 1. The Morgan fingerprint density at radius 1 is 1.19 bits per heavy atom. The average molecular weight is 347 g/mol. The van der Waals surface area contributed by atoms with Gasteiger partial charge in [-0.15, -0.1) is 0 Å². The average Bonchev–Trinajstić information content (AvgIpc) is 3.08. The molecule has 3 aromatic rings.